The lowest BCUT2D eigenvalue weighted by molar-refractivity contribution is -0.164. The van der Waals surface area contributed by atoms with E-state index in [4.69, 9.17) is 14.7 Å². The maximum Gasteiger partial charge on any atom is 0.157 e. The molecule has 1 aromatic rings. The van der Waals surface area contributed by atoms with Crippen LogP contribution in [0, 0.1) is 11.3 Å². The van der Waals surface area contributed by atoms with E-state index in [1.807, 2.05) is 18.2 Å². The van der Waals surface area contributed by atoms with Gasteiger partial charge >= 0.3 is 0 Å². The predicted octanol–water partition coefficient (Wildman–Crippen LogP) is 2.78. The van der Waals surface area contributed by atoms with Crippen molar-refractivity contribution < 1.29 is 9.47 Å². The molecule has 0 radical (unpaired) electrons. The number of benzene rings is 1. The van der Waals surface area contributed by atoms with Crippen molar-refractivity contribution in [2.45, 2.75) is 38.5 Å². The third-order valence-corrected chi connectivity index (χ3v) is 5.30. The maximum absolute atomic E-state index is 9.07. The zero-order valence-electron chi connectivity index (χ0n) is 15.2. The molecule has 2 atom stereocenters. The molecule has 0 saturated carbocycles. The summed E-state index contributed by atoms with van der Waals surface area (Å²) in [7, 11) is 0. The van der Waals surface area contributed by atoms with Crippen molar-refractivity contribution in [1.29, 1.82) is 5.26 Å². The lowest BCUT2D eigenvalue weighted by Crippen LogP contribution is -2.48. The lowest BCUT2D eigenvalue weighted by atomic mass is 10.0. The van der Waals surface area contributed by atoms with Crippen LogP contribution in [0.25, 0.3) is 0 Å². The Bertz CT molecular complexity index is 573. The summed E-state index contributed by atoms with van der Waals surface area (Å²) in [5.41, 5.74) is 1.97. The van der Waals surface area contributed by atoms with Crippen LogP contribution in [0.2, 0.25) is 0 Å². The third-order valence-electron chi connectivity index (χ3n) is 5.30. The molecule has 0 aromatic heterocycles. The standard InChI is InChI=1S/C20H29N3O2/c1-17(19-6-4-5-18(15-19)16-21)23-10-8-22(9-11-23)12-14-25-20-7-2-3-13-24-20/h4-6,15,17,20H,2-3,7-14H2,1H3/t17-,20-/m0/s1. The number of nitriles is 1. The van der Waals surface area contributed by atoms with Crippen LogP contribution in [0.5, 0.6) is 0 Å². The molecule has 0 aliphatic carbocycles. The van der Waals surface area contributed by atoms with Gasteiger partial charge in [0.15, 0.2) is 6.29 Å². The molecule has 2 saturated heterocycles. The van der Waals surface area contributed by atoms with Gasteiger partial charge in [0.1, 0.15) is 0 Å². The molecule has 5 heteroatoms. The summed E-state index contributed by atoms with van der Waals surface area (Å²) in [5.74, 6) is 0. The SMILES string of the molecule is C[C@@H](c1cccc(C#N)c1)N1CCN(CCO[C@H]2CCCCO2)CC1. The van der Waals surface area contributed by atoms with Crippen molar-refractivity contribution in [3.63, 3.8) is 0 Å². The molecule has 0 N–H and O–H groups in total. The van der Waals surface area contributed by atoms with Crippen LogP contribution < -0.4 is 0 Å². The van der Waals surface area contributed by atoms with Gasteiger partial charge in [-0.3, -0.25) is 9.80 Å². The topological polar surface area (TPSA) is 48.7 Å². The molecule has 136 valence electrons. The van der Waals surface area contributed by atoms with Crippen LogP contribution in [-0.2, 0) is 9.47 Å². The van der Waals surface area contributed by atoms with E-state index in [1.54, 1.807) is 0 Å². The fourth-order valence-corrected chi connectivity index (χ4v) is 3.61. The summed E-state index contributed by atoms with van der Waals surface area (Å²) in [6.07, 6.45) is 3.43. The van der Waals surface area contributed by atoms with E-state index in [-0.39, 0.29) is 6.29 Å². The summed E-state index contributed by atoms with van der Waals surface area (Å²) in [6, 6.07) is 10.6. The molecule has 2 aliphatic rings. The second kappa shape index (κ2) is 9.30. The predicted molar refractivity (Wildman–Crippen MR) is 97.1 cm³/mol. The average molecular weight is 343 g/mol. The minimum Gasteiger partial charge on any atom is -0.353 e. The molecular weight excluding hydrogens is 314 g/mol. The molecule has 0 unspecified atom stereocenters. The first-order chi connectivity index (χ1) is 12.3. The number of ether oxygens (including phenoxy) is 2. The van der Waals surface area contributed by atoms with Crippen molar-refractivity contribution in [2.24, 2.45) is 0 Å². The van der Waals surface area contributed by atoms with Crippen LogP contribution in [0.1, 0.15) is 43.4 Å². The highest BCUT2D eigenvalue weighted by Gasteiger charge is 2.22. The fourth-order valence-electron chi connectivity index (χ4n) is 3.61. The molecule has 2 heterocycles. The molecule has 2 aliphatic heterocycles. The molecule has 0 spiro atoms. The second-order valence-electron chi connectivity index (χ2n) is 6.96. The molecule has 3 rings (SSSR count). The Morgan fingerprint density at radius 2 is 2.12 bits per heavy atom. The molecule has 25 heavy (non-hydrogen) atoms. The Kier molecular flexibility index (Phi) is 6.83. The van der Waals surface area contributed by atoms with E-state index in [0.29, 0.717) is 6.04 Å². The van der Waals surface area contributed by atoms with Gasteiger partial charge in [0.2, 0.25) is 0 Å². The number of nitrogens with zero attached hydrogens (tertiary/aromatic N) is 3. The zero-order valence-corrected chi connectivity index (χ0v) is 15.2. The molecular formula is C20H29N3O2. The largest absolute Gasteiger partial charge is 0.353 e. The van der Waals surface area contributed by atoms with E-state index >= 15 is 0 Å². The molecule has 5 nitrogen and oxygen atoms in total. The maximum atomic E-state index is 9.07. The third kappa shape index (κ3) is 5.26. The highest BCUT2D eigenvalue weighted by Crippen LogP contribution is 2.22. The zero-order chi connectivity index (χ0) is 17.5. The highest BCUT2D eigenvalue weighted by atomic mass is 16.7. The van der Waals surface area contributed by atoms with Gasteiger partial charge in [-0.15, -0.1) is 0 Å². The Hall–Kier alpha value is -1.45. The smallest absolute Gasteiger partial charge is 0.157 e. The van der Waals surface area contributed by atoms with Gasteiger partial charge in [0, 0.05) is 45.4 Å². The van der Waals surface area contributed by atoms with Crippen LogP contribution in [0.4, 0.5) is 0 Å². The number of piperazine rings is 1. The molecule has 2 fully saturated rings. The van der Waals surface area contributed by atoms with E-state index < -0.39 is 0 Å². The van der Waals surface area contributed by atoms with Crippen LogP contribution in [-0.4, -0.2) is 62.0 Å². The van der Waals surface area contributed by atoms with Crippen molar-refractivity contribution in [3.05, 3.63) is 35.4 Å². The van der Waals surface area contributed by atoms with Gasteiger partial charge in [-0.2, -0.15) is 5.26 Å². The van der Waals surface area contributed by atoms with Gasteiger partial charge < -0.3 is 9.47 Å². The normalized spacial score (nSPS) is 23.9. The minimum absolute atomic E-state index is 0.0162. The first kappa shape index (κ1) is 18.3. The highest BCUT2D eigenvalue weighted by molar-refractivity contribution is 5.34. The summed E-state index contributed by atoms with van der Waals surface area (Å²) in [4.78, 5) is 4.97. The van der Waals surface area contributed by atoms with Gasteiger partial charge in [-0.25, -0.2) is 0 Å². The Morgan fingerprint density at radius 3 is 2.84 bits per heavy atom. The van der Waals surface area contributed by atoms with Gasteiger partial charge in [0.05, 0.1) is 18.2 Å². The monoisotopic (exact) mass is 343 g/mol. The van der Waals surface area contributed by atoms with Crippen molar-refractivity contribution in [3.8, 4) is 6.07 Å². The van der Waals surface area contributed by atoms with Crippen LogP contribution in [0.3, 0.4) is 0 Å². The Morgan fingerprint density at radius 1 is 1.28 bits per heavy atom. The van der Waals surface area contributed by atoms with Crippen molar-refractivity contribution in [1.82, 2.24) is 9.80 Å². The summed E-state index contributed by atoms with van der Waals surface area (Å²) >= 11 is 0. The molecule has 1 aromatic carbocycles. The molecule has 0 bridgehead atoms. The molecule has 0 amide bonds. The lowest BCUT2D eigenvalue weighted by Gasteiger charge is -2.38. The van der Waals surface area contributed by atoms with Crippen LogP contribution in [0.15, 0.2) is 24.3 Å². The van der Waals surface area contributed by atoms with E-state index in [2.05, 4.69) is 28.9 Å². The van der Waals surface area contributed by atoms with Crippen molar-refractivity contribution in [2.75, 3.05) is 45.9 Å². The van der Waals surface area contributed by atoms with E-state index in [0.717, 1.165) is 64.3 Å². The van der Waals surface area contributed by atoms with E-state index in [9.17, 15) is 0 Å². The quantitative estimate of drug-likeness (QED) is 0.795. The van der Waals surface area contributed by atoms with Crippen molar-refractivity contribution >= 4 is 0 Å². The summed E-state index contributed by atoms with van der Waals surface area (Å²) in [6.45, 7) is 9.05. The van der Waals surface area contributed by atoms with Gasteiger partial charge in [-0.05, 0) is 43.9 Å². The summed E-state index contributed by atoms with van der Waals surface area (Å²) < 4.78 is 11.5. The minimum atomic E-state index is 0.0162. The number of rotatable bonds is 6. The van der Waals surface area contributed by atoms with Gasteiger partial charge in [-0.1, -0.05) is 12.1 Å². The number of hydrogen-bond donors (Lipinski definition) is 0. The van der Waals surface area contributed by atoms with Gasteiger partial charge in [0.25, 0.3) is 0 Å². The first-order valence-corrected chi connectivity index (χ1v) is 9.46. The average Bonchev–Trinajstić information content (AvgIpc) is 2.69. The summed E-state index contributed by atoms with van der Waals surface area (Å²) in [5, 5.41) is 9.07. The van der Waals surface area contributed by atoms with E-state index in [1.165, 1.54) is 12.0 Å². The Labute approximate surface area is 151 Å². The van der Waals surface area contributed by atoms with Crippen LogP contribution >= 0.6 is 0 Å². The second-order valence-corrected chi connectivity index (χ2v) is 6.96. The Balaban J connectivity index is 1.39. The fraction of sp³-hybridized carbons (Fsp3) is 0.650. The number of hydrogen-bond acceptors (Lipinski definition) is 5. The first-order valence-electron chi connectivity index (χ1n) is 9.46.